The van der Waals surface area contributed by atoms with Gasteiger partial charge >= 0.3 is 0 Å². The molecule has 0 aliphatic carbocycles. The van der Waals surface area contributed by atoms with Gasteiger partial charge in [-0.3, -0.25) is 4.98 Å². The summed E-state index contributed by atoms with van der Waals surface area (Å²) >= 11 is 0. The number of nitrogens with zero attached hydrogens (tertiary/aromatic N) is 1. The van der Waals surface area contributed by atoms with Crippen molar-refractivity contribution < 1.29 is 5.11 Å². The average molecular weight is 221 g/mol. The predicted octanol–water partition coefficient (Wildman–Crippen LogP) is 3.17. The molecule has 2 nitrogen and oxygen atoms in total. The Kier molecular flexibility index (Phi) is 3.44. The topological polar surface area (TPSA) is 33.1 Å². The van der Waals surface area contributed by atoms with Crippen LogP contribution in [0.1, 0.15) is 58.5 Å². The summed E-state index contributed by atoms with van der Waals surface area (Å²) in [6.07, 6.45) is 0. The van der Waals surface area contributed by atoms with Gasteiger partial charge < -0.3 is 5.11 Å². The van der Waals surface area contributed by atoms with E-state index < -0.39 is 0 Å². The zero-order chi connectivity index (χ0) is 12.6. The lowest BCUT2D eigenvalue weighted by atomic mass is 9.86. The lowest BCUT2D eigenvalue weighted by molar-refractivity contribution is 0.281. The van der Waals surface area contributed by atoms with Gasteiger partial charge in [-0.1, -0.05) is 41.5 Å². The molecule has 1 N–H and O–H groups in total. The highest BCUT2D eigenvalue weighted by atomic mass is 16.3. The molecule has 0 aliphatic heterocycles. The van der Waals surface area contributed by atoms with Gasteiger partial charge in [0.2, 0.25) is 0 Å². The van der Waals surface area contributed by atoms with E-state index in [-0.39, 0.29) is 17.4 Å². The third-order valence-electron chi connectivity index (χ3n) is 2.60. The standard InChI is InChI=1S/C14H23NO/c1-13(2,3)11-7-10(9-16)8-12(15-11)14(4,5)6/h7-8,16H,9H2,1-6H3. The minimum Gasteiger partial charge on any atom is -0.392 e. The third kappa shape index (κ3) is 3.05. The summed E-state index contributed by atoms with van der Waals surface area (Å²) in [6.45, 7) is 12.9. The van der Waals surface area contributed by atoms with E-state index in [0.717, 1.165) is 17.0 Å². The molecule has 0 spiro atoms. The summed E-state index contributed by atoms with van der Waals surface area (Å²) in [4.78, 5) is 4.71. The van der Waals surface area contributed by atoms with Crippen LogP contribution in [-0.4, -0.2) is 10.1 Å². The van der Waals surface area contributed by atoms with Crippen LogP contribution in [0.25, 0.3) is 0 Å². The number of rotatable bonds is 1. The fourth-order valence-electron chi connectivity index (χ4n) is 1.45. The summed E-state index contributed by atoms with van der Waals surface area (Å²) in [5.74, 6) is 0. The summed E-state index contributed by atoms with van der Waals surface area (Å²) < 4.78 is 0. The predicted molar refractivity (Wildman–Crippen MR) is 67.6 cm³/mol. The van der Waals surface area contributed by atoms with Gasteiger partial charge in [0, 0.05) is 22.2 Å². The fraction of sp³-hybridized carbons (Fsp3) is 0.643. The van der Waals surface area contributed by atoms with E-state index in [1.807, 2.05) is 12.1 Å². The van der Waals surface area contributed by atoms with E-state index >= 15 is 0 Å². The molecule has 1 rings (SSSR count). The van der Waals surface area contributed by atoms with E-state index in [1.165, 1.54) is 0 Å². The van der Waals surface area contributed by atoms with E-state index in [1.54, 1.807) is 0 Å². The van der Waals surface area contributed by atoms with E-state index in [0.29, 0.717) is 0 Å². The van der Waals surface area contributed by atoms with Crippen LogP contribution >= 0.6 is 0 Å². The van der Waals surface area contributed by atoms with Crippen molar-refractivity contribution >= 4 is 0 Å². The molecule has 0 fully saturated rings. The van der Waals surface area contributed by atoms with Crippen molar-refractivity contribution in [3.8, 4) is 0 Å². The Bertz CT molecular complexity index is 337. The third-order valence-corrected chi connectivity index (χ3v) is 2.60. The summed E-state index contributed by atoms with van der Waals surface area (Å²) in [5.41, 5.74) is 3.08. The monoisotopic (exact) mass is 221 g/mol. The Morgan fingerprint density at radius 3 is 1.56 bits per heavy atom. The SMILES string of the molecule is CC(C)(C)c1cc(CO)cc(C(C)(C)C)n1. The molecule has 0 saturated carbocycles. The fourth-order valence-corrected chi connectivity index (χ4v) is 1.45. The highest BCUT2D eigenvalue weighted by molar-refractivity contribution is 5.28. The normalized spacial score (nSPS) is 12.9. The Morgan fingerprint density at radius 1 is 0.938 bits per heavy atom. The van der Waals surface area contributed by atoms with Crippen LogP contribution in [0, 0.1) is 0 Å². The first-order chi connectivity index (χ1) is 7.14. The van der Waals surface area contributed by atoms with E-state index in [2.05, 4.69) is 41.5 Å². The molecule has 0 unspecified atom stereocenters. The van der Waals surface area contributed by atoms with Gasteiger partial charge in [-0.05, 0) is 17.7 Å². The number of hydrogen-bond donors (Lipinski definition) is 1. The minimum atomic E-state index is 0.0190. The molecule has 0 bridgehead atoms. The molecular formula is C14H23NO. The molecule has 0 aliphatic rings. The van der Waals surface area contributed by atoms with Gasteiger partial charge in [0.15, 0.2) is 0 Å². The summed E-state index contributed by atoms with van der Waals surface area (Å²) in [7, 11) is 0. The van der Waals surface area contributed by atoms with Gasteiger partial charge in [0.25, 0.3) is 0 Å². The zero-order valence-electron chi connectivity index (χ0n) is 11.3. The molecule has 1 aromatic heterocycles. The number of aliphatic hydroxyl groups is 1. The van der Waals surface area contributed by atoms with Gasteiger partial charge in [-0.25, -0.2) is 0 Å². The maximum atomic E-state index is 9.29. The van der Waals surface area contributed by atoms with Crippen LogP contribution in [0.3, 0.4) is 0 Å². The van der Waals surface area contributed by atoms with Crippen molar-refractivity contribution in [2.45, 2.75) is 59.0 Å². The molecule has 0 saturated heterocycles. The maximum absolute atomic E-state index is 9.29. The summed E-state index contributed by atoms with van der Waals surface area (Å²) in [5, 5.41) is 9.29. The molecular weight excluding hydrogens is 198 g/mol. The highest BCUT2D eigenvalue weighted by Gasteiger charge is 2.21. The quantitative estimate of drug-likeness (QED) is 0.790. The molecule has 0 aromatic carbocycles. The maximum Gasteiger partial charge on any atom is 0.0683 e. The molecule has 1 aromatic rings. The highest BCUT2D eigenvalue weighted by Crippen LogP contribution is 2.27. The molecule has 0 atom stereocenters. The molecule has 2 heteroatoms. The number of aliphatic hydroxyl groups excluding tert-OH is 1. The second-order valence-corrected chi connectivity index (χ2v) is 6.40. The van der Waals surface area contributed by atoms with Gasteiger partial charge in [0.1, 0.15) is 0 Å². The van der Waals surface area contributed by atoms with Crippen LogP contribution in [0.5, 0.6) is 0 Å². The molecule has 0 radical (unpaired) electrons. The molecule has 90 valence electrons. The molecule has 1 heterocycles. The first kappa shape index (κ1) is 13.2. The first-order valence-corrected chi connectivity index (χ1v) is 5.77. The summed E-state index contributed by atoms with van der Waals surface area (Å²) in [6, 6.07) is 3.99. The first-order valence-electron chi connectivity index (χ1n) is 5.77. The van der Waals surface area contributed by atoms with Crippen molar-refractivity contribution in [3.63, 3.8) is 0 Å². The lowest BCUT2D eigenvalue weighted by Crippen LogP contribution is -2.20. The number of aromatic nitrogens is 1. The number of pyridine rings is 1. The van der Waals surface area contributed by atoms with Crippen molar-refractivity contribution in [3.05, 3.63) is 29.1 Å². The average Bonchev–Trinajstić information content (AvgIpc) is 2.14. The van der Waals surface area contributed by atoms with Crippen LogP contribution in [0.15, 0.2) is 12.1 Å². The Hall–Kier alpha value is -0.890. The lowest BCUT2D eigenvalue weighted by Gasteiger charge is -2.24. The van der Waals surface area contributed by atoms with E-state index in [4.69, 9.17) is 4.98 Å². The van der Waals surface area contributed by atoms with Gasteiger partial charge in [0.05, 0.1) is 6.61 Å². The Labute approximate surface area is 98.7 Å². The Balaban J connectivity index is 3.33. The smallest absolute Gasteiger partial charge is 0.0683 e. The molecule has 0 amide bonds. The molecule has 16 heavy (non-hydrogen) atoms. The largest absolute Gasteiger partial charge is 0.392 e. The number of hydrogen-bond acceptors (Lipinski definition) is 2. The second-order valence-electron chi connectivity index (χ2n) is 6.40. The second kappa shape index (κ2) is 4.17. The van der Waals surface area contributed by atoms with Crippen LogP contribution in [-0.2, 0) is 17.4 Å². The van der Waals surface area contributed by atoms with Crippen molar-refractivity contribution in [2.24, 2.45) is 0 Å². The van der Waals surface area contributed by atoms with Crippen molar-refractivity contribution in [1.29, 1.82) is 0 Å². The van der Waals surface area contributed by atoms with Crippen molar-refractivity contribution in [1.82, 2.24) is 4.98 Å². The minimum absolute atomic E-state index is 0.0190. The van der Waals surface area contributed by atoms with Gasteiger partial charge in [-0.2, -0.15) is 0 Å². The van der Waals surface area contributed by atoms with Crippen molar-refractivity contribution in [2.75, 3.05) is 0 Å². The Morgan fingerprint density at radius 2 is 1.31 bits per heavy atom. The van der Waals surface area contributed by atoms with E-state index in [9.17, 15) is 5.11 Å². The zero-order valence-corrected chi connectivity index (χ0v) is 11.3. The van der Waals surface area contributed by atoms with Gasteiger partial charge in [-0.15, -0.1) is 0 Å². The van der Waals surface area contributed by atoms with Crippen LogP contribution < -0.4 is 0 Å². The van der Waals surface area contributed by atoms with Crippen LogP contribution in [0.2, 0.25) is 0 Å². The van der Waals surface area contributed by atoms with Crippen LogP contribution in [0.4, 0.5) is 0 Å².